The molecule has 0 spiro atoms. The van der Waals surface area contributed by atoms with Crippen LogP contribution in [0, 0.1) is 0 Å². The molecule has 1 saturated carbocycles. The number of anilines is 2. The fourth-order valence-electron chi connectivity index (χ4n) is 1.71. The van der Waals surface area contributed by atoms with E-state index in [1.54, 1.807) is 18.4 Å². The maximum atomic E-state index is 5.12. The zero-order valence-electron chi connectivity index (χ0n) is 9.64. The zero-order valence-corrected chi connectivity index (χ0v) is 10.5. The molecule has 1 aromatic carbocycles. The van der Waals surface area contributed by atoms with Gasteiger partial charge in [0.1, 0.15) is 5.75 Å². The van der Waals surface area contributed by atoms with Crippen molar-refractivity contribution in [2.45, 2.75) is 18.8 Å². The molecule has 0 aliphatic heterocycles. The van der Waals surface area contributed by atoms with Crippen molar-refractivity contribution < 1.29 is 4.74 Å². The molecule has 3 rings (SSSR count). The quantitative estimate of drug-likeness (QED) is 0.891. The first-order chi connectivity index (χ1) is 8.35. The van der Waals surface area contributed by atoms with E-state index < -0.39 is 0 Å². The lowest BCUT2D eigenvalue weighted by atomic mass is 10.3. The molecular formula is C13H14N2OS. The predicted octanol–water partition coefficient (Wildman–Crippen LogP) is 3.77. The summed E-state index contributed by atoms with van der Waals surface area (Å²) < 4.78 is 5.12. The van der Waals surface area contributed by atoms with Crippen molar-refractivity contribution in [3.8, 4) is 5.75 Å². The van der Waals surface area contributed by atoms with Crippen LogP contribution in [0.15, 0.2) is 29.6 Å². The van der Waals surface area contributed by atoms with E-state index in [-0.39, 0.29) is 0 Å². The minimum Gasteiger partial charge on any atom is -0.497 e. The van der Waals surface area contributed by atoms with Crippen molar-refractivity contribution in [1.82, 2.24) is 4.98 Å². The number of nitrogens with one attached hydrogen (secondary N) is 1. The maximum absolute atomic E-state index is 5.12. The summed E-state index contributed by atoms with van der Waals surface area (Å²) in [6.45, 7) is 0. The van der Waals surface area contributed by atoms with Crippen molar-refractivity contribution >= 4 is 22.2 Å². The highest BCUT2D eigenvalue weighted by molar-refractivity contribution is 7.13. The van der Waals surface area contributed by atoms with Crippen LogP contribution in [0.1, 0.15) is 24.5 Å². The van der Waals surface area contributed by atoms with Gasteiger partial charge in [0, 0.05) is 17.0 Å². The van der Waals surface area contributed by atoms with Crippen LogP contribution in [0.3, 0.4) is 0 Å². The highest BCUT2D eigenvalue weighted by Gasteiger charge is 2.25. The van der Waals surface area contributed by atoms with Crippen molar-refractivity contribution in [2.75, 3.05) is 12.4 Å². The van der Waals surface area contributed by atoms with Crippen molar-refractivity contribution in [1.29, 1.82) is 0 Å². The van der Waals surface area contributed by atoms with Crippen LogP contribution < -0.4 is 10.1 Å². The average Bonchev–Trinajstić information content (AvgIpc) is 3.12. The van der Waals surface area contributed by atoms with Gasteiger partial charge >= 0.3 is 0 Å². The number of rotatable bonds is 4. The Hall–Kier alpha value is -1.55. The molecule has 1 heterocycles. The summed E-state index contributed by atoms with van der Waals surface area (Å²) in [5.41, 5.74) is 2.29. The molecule has 1 aliphatic carbocycles. The minimum absolute atomic E-state index is 0.720. The first-order valence-corrected chi connectivity index (χ1v) is 6.59. The standard InChI is InChI=1S/C13H14N2OS/c1-16-11-6-4-10(5-7-11)14-13-15-12(8-17-13)9-2-3-9/h4-9H,2-3H2,1H3,(H,14,15). The van der Waals surface area contributed by atoms with Gasteiger partial charge in [0.2, 0.25) is 0 Å². The van der Waals surface area contributed by atoms with Crippen molar-refractivity contribution in [2.24, 2.45) is 0 Å². The van der Waals surface area contributed by atoms with E-state index >= 15 is 0 Å². The van der Waals surface area contributed by atoms with Gasteiger partial charge < -0.3 is 10.1 Å². The van der Waals surface area contributed by atoms with Crippen LogP contribution in [0.4, 0.5) is 10.8 Å². The average molecular weight is 246 g/mol. The fourth-order valence-corrected chi connectivity index (χ4v) is 2.52. The third-order valence-electron chi connectivity index (χ3n) is 2.86. The van der Waals surface area contributed by atoms with Gasteiger partial charge in [-0.05, 0) is 37.1 Å². The molecule has 0 amide bonds. The molecule has 0 radical (unpaired) electrons. The maximum Gasteiger partial charge on any atom is 0.187 e. The summed E-state index contributed by atoms with van der Waals surface area (Å²) >= 11 is 1.67. The molecule has 17 heavy (non-hydrogen) atoms. The number of nitrogens with zero attached hydrogens (tertiary/aromatic N) is 1. The summed E-state index contributed by atoms with van der Waals surface area (Å²) in [6, 6.07) is 7.88. The van der Waals surface area contributed by atoms with E-state index in [0.29, 0.717) is 0 Å². The molecule has 1 aromatic heterocycles. The van der Waals surface area contributed by atoms with Crippen molar-refractivity contribution in [3.63, 3.8) is 0 Å². The molecule has 1 fully saturated rings. The number of benzene rings is 1. The van der Waals surface area contributed by atoms with Crippen LogP contribution in [0.2, 0.25) is 0 Å². The summed E-state index contributed by atoms with van der Waals surface area (Å²) in [4.78, 5) is 4.59. The van der Waals surface area contributed by atoms with Gasteiger partial charge in [0.15, 0.2) is 5.13 Å². The topological polar surface area (TPSA) is 34.1 Å². The Morgan fingerprint density at radius 2 is 2.06 bits per heavy atom. The van der Waals surface area contributed by atoms with Crippen LogP contribution in [0.5, 0.6) is 5.75 Å². The molecule has 0 unspecified atom stereocenters. The van der Waals surface area contributed by atoms with Gasteiger partial charge in [-0.1, -0.05) is 0 Å². The lowest BCUT2D eigenvalue weighted by molar-refractivity contribution is 0.415. The molecule has 3 nitrogen and oxygen atoms in total. The van der Waals surface area contributed by atoms with Crippen LogP contribution in [0.25, 0.3) is 0 Å². The molecule has 0 atom stereocenters. The Kier molecular flexibility index (Phi) is 2.73. The number of hydrogen-bond donors (Lipinski definition) is 1. The van der Waals surface area contributed by atoms with Gasteiger partial charge in [0.25, 0.3) is 0 Å². The summed E-state index contributed by atoms with van der Waals surface area (Å²) in [7, 11) is 1.67. The van der Waals surface area contributed by atoms with Crippen LogP contribution >= 0.6 is 11.3 Å². The van der Waals surface area contributed by atoms with Gasteiger partial charge in [-0.15, -0.1) is 11.3 Å². The van der Waals surface area contributed by atoms with E-state index in [9.17, 15) is 0 Å². The SMILES string of the molecule is COc1ccc(Nc2nc(C3CC3)cs2)cc1. The molecular weight excluding hydrogens is 232 g/mol. The van der Waals surface area contributed by atoms with E-state index in [4.69, 9.17) is 4.74 Å². The summed E-state index contributed by atoms with van der Waals surface area (Å²) in [5.74, 6) is 1.59. The monoisotopic (exact) mass is 246 g/mol. The van der Waals surface area contributed by atoms with Gasteiger partial charge in [-0.2, -0.15) is 0 Å². The zero-order chi connectivity index (χ0) is 11.7. The smallest absolute Gasteiger partial charge is 0.187 e. The second-order valence-electron chi connectivity index (χ2n) is 4.21. The van der Waals surface area contributed by atoms with E-state index in [2.05, 4.69) is 15.7 Å². The predicted molar refractivity (Wildman–Crippen MR) is 70.4 cm³/mol. The number of thiazole rings is 1. The summed E-state index contributed by atoms with van der Waals surface area (Å²) in [6.07, 6.45) is 2.59. The highest BCUT2D eigenvalue weighted by Crippen LogP contribution is 2.41. The molecule has 0 saturated heterocycles. The fraction of sp³-hybridized carbons (Fsp3) is 0.308. The number of methoxy groups -OCH3 is 1. The molecule has 0 bridgehead atoms. The molecule has 2 aromatic rings. The number of ether oxygens (including phenoxy) is 1. The van der Waals surface area contributed by atoms with Crippen LogP contribution in [-0.2, 0) is 0 Å². The Labute approximate surface area is 104 Å². The van der Waals surface area contributed by atoms with Gasteiger partial charge in [0.05, 0.1) is 12.8 Å². The lowest BCUT2D eigenvalue weighted by Gasteiger charge is -2.03. The first kappa shape index (κ1) is 10.6. The Balaban J connectivity index is 1.71. The molecule has 4 heteroatoms. The third-order valence-corrected chi connectivity index (χ3v) is 3.63. The second-order valence-corrected chi connectivity index (χ2v) is 5.06. The second kappa shape index (κ2) is 4.37. The molecule has 1 aliphatic rings. The normalized spacial score (nSPS) is 14.6. The molecule has 88 valence electrons. The largest absolute Gasteiger partial charge is 0.497 e. The van der Waals surface area contributed by atoms with Gasteiger partial charge in [-0.25, -0.2) is 4.98 Å². The molecule has 1 N–H and O–H groups in total. The highest BCUT2D eigenvalue weighted by atomic mass is 32.1. The lowest BCUT2D eigenvalue weighted by Crippen LogP contribution is -1.90. The van der Waals surface area contributed by atoms with E-state index in [1.165, 1.54) is 18.5 Å². The van der Waals surface area contributed by atoms with E-state index in [1.807, 2.05) is 24.3 Å². The number of aromatic nitrogens is 1. The van der Waals surface area contributed by atoms with Crippen LogP contribution in [-0.4, -0.2) is 12.1 Å². The minimum atomic E-state index is 0.720. The van der Waals surface area contributed by atoms with Gasteiger partial charge in [-0.3, -0.25) is 0 Å². The first-order valence-electron chi connectivity index (χ1n) is 5.71. The van der Waals surface area contributed by atoms with E-state index in [0.717, 1.165) is 22.5 Å². The van der Waals surface area contributed by atoms with Crippen molar-refractivity contribution in [3.05, 3.63) is 35.3 Å². The Morgan fingerprint density at radius 3 is 2.71 bits per heavy atom. The Morgan fingerprint density at radius 1 is 1.29 bits per heavy atom. The number of hydrogen-bond acceptors (Lipinski definition) is 4. The Bertz CT molecular complexity index is 502. The summed E-state index contributed by atoms with van der Waals surface area (Å²) in [5, 5.41) is 6.44. The third kappa shape index (κ3) is 2.42.